The summed E-state index contributed by atoms with van der Waals surface area (Å²) < 4.78 is 5.73. The molecule has 0 radical (unpaired) electrons. The van der Waals surface area contributed by atoms with Crippen LogP contribution in [0.3, 0.4) is 0 Å². The first-order valence-corrected chi connectivity index (χ1v) is 10.2. The number of aromatic nitrogens is 1. The fourth-order valence-electron chi connectivity index (χ4n) is 3.63. The summed E-state index contributed by atoms with van der Waals surface area (Å²) in [4.78, 5) is 17.7. The number of ether oxygens (including phenoxy) is 1. The van der Waals surface area contributed by atoms with Gasteiger partial charge in [-0.2, -0.15) is 0 Å². The molecule has 0 spiro atoms. The summed E-state index contributed by atoms with van der Waals surface area (Å²) in [6.45, 7) is 4.04. The van der Waals surface area contributed by atoms with Gasteiger partial charge < -0.3 is 15.8 Å². The van der Waals surface area contributed by atoms with Gasteiger partial charge in [0.2, 0.25) is 11.8 Å². The van der Waals surface area contributed by atoms with Crippen molar-refractivity contribution in [2.45, 2.75) is 25.6 Å². The van der Waals surface area contributed by atoms with Crippen molar-refractivity contribution < 1.29 is 9.53 Å². The van der Waals surface area contributed by atoms with Gasteiger partial charge in [0.05, 0.1) is 5.56 Å². The molecular formula is C24H26N4O2. The Labute approximate surface area is 176 Å². The van der Waals surface area contributed by atoms with Crippen LogP contribution in [0.5, 0.6) is 11.6 Å². The second kappa shape index (κ2) is 9.52. The van der Waals surface area contributed by atoms with Crippen LogP contribution in [0.1, 0.15) is 27.9 Å². The summed E-state index contributed by atoms with van der Waals surface area (Å²) in [5.74, 6) is 0.625. The third kappa shape index (κ3) is 5.43. The first-order chi connectivity index (χ1) is 14.7. The van der Waals surface area contributed by atoms with Crippen molar-refractivity contribution in [2.75, 3.05) is 13.1 Å². The van der Waals surface area contributed by atoms with E-state index in [1.165, 1.54) is 23.7 Å². The lowest BCUT2D eigenvalue weighted by Gasteiger charge is -2.17. The van der Waals surface area contributed by atoms with Gasteiger partial charge in [-0.3, -0.25) is 9.69 Å². The summed E-state index contributed by atoms with van der Waals surface area (Å²) in [7, 11) is 0. The Hall–Kier alpha value is -3.22. The molecule has 1 fully saturated rings. The number of pyridine rings is 1. The van der Waals surface area contributed by atoms with Crippen LogP contribution < -0.4 is 15.8 Å². The summed E-state index contributed by atoms with van der Waals surface area (Å²) in [5.41, 5.74) is 8.16. The second-order valence-electron chi connectivity index (χ2n) is 7.58. The van der Waals surface area contributed by atoms with Gasteiger partial charge >= 0.3 is 0 Å². The van der Waals surface area contributed by atoms with Crippen molar-refractivity contribution in [3.05, 3.63) is 89.6 Å². The SMILES string of the molecule is NC(=O)c1ccc(Oc2ccc(CNC3CCN(Cc4ccccc4)C3)cc2)nc1. The molecule has 3 N–H and O–H groups in total. The third-order valence-corrected chi connectivity index (χ3v) is 5.28. The number of nitrogens with two attached hydrogens (primary N) is 1. The normalized spacial score (nSPS) is 16.5. The predicted molar refractivity (Wildman–Crippen MR) is 116 cm³/mol. The van der Waals surface area contributed by atoms with Crippen molar-refractivity contribution in [3.8, 4) is 11.6 Å². The first kappa shape index (κ1) is 20.1. The number of carbonyl (C=O) groups is 1. The smallest absolute Gasteiger partial charge is 0.250 e. The van der Waals surface area contributed by atoms with E-state index < -0.39 is 5.91 Å². The lowest BCUT2D eigenvalue weighted by atomic mass is 10.2. The number of amides is 1. The highest BCUT2D eigenvalue weighted by molar-refractivity contribution is 5.92. The maximum absolute atomic E-state index is 11.1. The Balaban J connectivity index is 1.23. The average molecular weight is 402 g/mol. The molecule has 1 amide bonds. The number of carbonyl (C=O) groups excluding carboxylic acids is 1. The largest absolute Gasteiger partial charge is 0.439 e. The van der Waals surface area contributed by atoms with E-state index in [1.807, 2.05) is 12.1 Å². The van der Waals surface area contributed by atoms with Gasteiger partial charge in [0.25, 0.3) is 0 Å². The van der Waals surface area contributed by atoms with E-state index in [0.29, 0.717) is 23.2 Å². The average Bonchev–Trinajstić information content (AvgIpc) is 3.21. The minimum absolute atomic E-state index is 0.359. The van der Waals surface area contributed by atoms with E-state index in [4.69, 9.17) is 10.5 Å². The minimum Gasteiger partial charge on any atom is -0.439 e. The highest BCUT2D eigenvalue weighted by atomic mass is 16.5. The number of nitrogens with zero attached hydrogens (tertiary/aromatic N) is 2. The van der Waals surface area contributed by atoms with Crippen molar-refractivity contribution in [1.82, 2.24) is 15.2 Å². The molecule has 2 heterocycles. The zero-order chi connectivity index (χ0) is 20.8. The summed E-state index contributed by atoms with van der Waals surface area (Å²) in [6.07, 6.45) is 2.58. The summed E-state index contributed by atoms with van der Waals surface area (Å²) in [5, 5.41) is 3.66. The Morgan fingerprint density at radius 2 is 1.87 bits per heavy atom. The maximum atomic E-state index is 11.1. The van der Waals surface area contributed by atoms with Gasteiger partial charge in [0.1, 0.15) is 5.75 Å². The third-order valence-electron chi connectivity index (χ3n) is 5.28. The predicted octanol–water partition coefficient (Wildman–Crippen LogP) is 3.34. The van der Waals surface area contributed by atoms with Crippen LogP contribution in [-0.2, 0) is 13.1 Å². The standard InChI is InChI=1S/C24H26N4O2/c25-24(29)20-8-11-23(27-15-20)30-22-9-6-18(7-10-22)14-26-21-12-13-28(17-21)16-19-4-2-1-3-5-19/h1-11,15,21,26H,12-14,16-17H2,(H2,25,29). The molecule has 1 aromatic heterocycles. The number of hydrogen-bond acceptors (Lipinski definition) is 5. The van der Waals surface area contributed by atoms with Crippen LogP contribution in [0.2, 0.25) is 0 Å². The Morgan fingerprint density at radius 1 is 1.07 bits per heavy atom. The lowest BCUT2D eigenvalue weighted by Crippen LogP contribution is -2.31. The zero-order valence-electron chi connectivity index (χ0n) is 16.8. The molecule has 6 nitrogen and oxygen atoms in total. The molecule has 2 aromatic carbocycles. The van der Waals surface area contributed by atoms with Crippen LogP contribution in [0, 0.1) is 0 Å². The highest BCUT2D eigenvalue weighted by Gasteiger charge is 2.21. The molecule has 30 heavy (non-hydrogen) atoms. The zero-order valence-corrected chi connectivity index (χ0v) is 16.8. The molecule has 1 aliphatic heterocycles. The molecule has 1 unspecified atom stereocenters. The van der Waals surface area contributed by atoms with Gasteiger partial charge in [-0.05, 0) is 35.7 Å². The van der Waals surface area contributed by atoms with E-state index in [-0.39, 0.29) is 0 Å². The molecule has 0 saturated carbocycles. The van der Waals surface area contributed by atoms with Gasteiger partial charge in [-0.25, -0.2) is 4.98 Å². The molecule has 154 valence electrons. The number of benzene rings is 2. The van der Waals surface area contributed by atoms with Crippen molar-refractivity contribution >= 4 is 5.91 Å². The second-order valence-corrected chi connectivity index (χ2v) is 7.58. The summed E-state index contributed by atoms with van der Waals surface area (Å²) >= 11 is 0. The van der Waals surface area contributed by atoms with E-state index >= 15 is 0 Å². The van der Waals surface area contributed by atoms with Gasteiger partial charge in [0, 0.05) is 44.5 Å². The number of nitrogens with one attached hydrogen (secondary N) is 1. The van der Waals surface area contributed by atoms with E-state index in [9.17, 15) is 4.79 Å². The molecule has 6 heteroatoms. The van der Waals surface area contributed by atoms with Crippen LogP contribution in [0.25, 0.3) is 0 Å². The van der Waals surface area contributed by atoms with Gasteiger partial charge in [-0.1, -0.05) is 42.5 Å². The fraction of sp³-hybridized carbons (Fsp3) is 0.250. The number of likely N-dealkylation sites (tertiary alicyclic amines) is 1. The first-order valence-electron chi connectivity index (χ1n) is 10.2. The van der Waals surface area contributed by atoms with Crippen molar-refractivity contribution in [1.29, 1.82) is 0 Å². The number of rotatable bonds is 8. The quantitative estimate of drug-likeness (QED) is 0.604. The van der Waals surface area contributed by atoms with E-state index in [1.54, 1.807) is 12.1 Å². The van der Waals surface area contributed by atoms with E-state index in [2.05, 4.69) is 57.7 Å². The Kier molecular flexibility index (Phi) is 6.37. The topological polar surface area (TPSA) is 80.5 Å². The molecule has 4 rings (SSSR count). The fourth-order valence-corrected chi connectivity index (χ4v) is 3.63. The van der Waals surface area contributed by atoms with Crippen LogP contribution >= 0.6 is 0 Å². The lowest BCUT2D eigenvalue weighted by molar-refractivity contribution is 0.1000. The van der Waals surface area contributed by atoms with Gasteiger partial charge in [-0.15, -0.1) is 0 Å². The number of hydrogen-bond donors (Lipinski definition) is 2. The monoisotopic (exact) mass is 402 g/mol. The molecular weight excluding hydrogens is 376 g/mol. The Morgan fingerprint density at radius 3 is 2.57 bits per heavy atom. The molecule has 1 aliphatic rings. The maximum Gasteiger partial charge on any atom is 0.250 e. The Bertz CT molecular complexity index is 959. The molecule has 1 atom stereocenters. The number of primary amides is 1. The van der Waals surface area contributed by atoms with Crippen LogP contribution in [0.4, 0.5) is 0 Å². The van der Waals surface area contributed by atoms with Crippen LogP contribution in [0.15, 0.2) is 72.9 Å². The summed E-state index contributed by atoms with van der Waals surface area (Å²) in [6, 6.07) is 22.3. The molecule has 1 saturated heterocycles. The molecule has 3 aromatic rings. The van der Waals surface area contributed by atoms with E-state index in [0.717, 1.165) is 26.2 Å². The molecule has 0 aliphatic carbocycles. The van der Waals surface area contributed by atoms with Crippen LogP contribution in [-0.4, -0.2) is 34.9 Å². The highest BCUT2D eigenvalue weighted by Crippen LogP contribution is 2.20. The van der Waals surface area contributed by atoms with Crippen molar-refractivity contribution in [3.63, 3.8) is 0 Å². The van der Waals surface area contributed by atoms with Crippen molar-refractivity contribution in [2.24, 2.45) is 5.73 Å². The molecule has 0 bridgehead atoms. The van der Waals surface area contributed by atoms with Gasteiger partial charge in [0.15, 0.2) is 0 Å². The minimum atomic E-state index is -0.503.